The summed E-state index contributed by atoms with van der Waals surface area (Å²) >= 11 is 0. The van der Waals surface area contributed by atoms with Crippen molar-refractivity contribution in [1.29, 1.82) is 0 Å². The molecule has 23 heavy (non-hydrogen) atoms. The quantitative estimate of drug-likeness (QED) is 0.943. The van der Waals surface area contributed by atoms with E-state index in [1.807, 2.05) is 32.2 Å². The second-order valence-corrected chi connectivity index (χ2v) is 6.55. The van der Waals surface area contributed by atoms with Crippen LogP contribution in [0.2, 0.25) is 0 Å². The highest BCUT2D eigenvalue weighted by atomic mass is 16.5. The molecule has 0 saturated carbocycles. The van der Waals surface area contributed by atoms with Crippen molar-refractivity contribution in [3.63, 3.8) is 0 Å². The molecule has 0 fully saturated rings. The van der Waals surface area contributed by atoms with Crippen molar-refractivity contribution in [2.45, 2.75) is 33.1 Å². The molecule has 1 amide bonds. The Morgan fingerprint density at radius 1 is 1.43 bits per heavy atom. The molecule has 0 unspecified atom stereocenters. The summed E-state index contributed by atoms with van der Waals surface area (Å²) in [4.78, 5) is 12.1. The minimum atomic E-state index is 0.0232. The fraction of sp³-hybridized carbons (Fsp3) is 0.444. The zero-order chi connectivity index (χ0) is 16.6. The molecule has 1 N–H and O–H groups in total. The van der Waals surface area contributed by atoms with Gasteiger partial charge in [-0.2, -0.15) is 5.10 Å². The Bertz CT molecular complexity index is 734. The van der Waals surface area contributed by atoms with Crippen LogP contribution in [0.5, 0.6) is 5.75 Å². The summed E-state index contributed by atoms with van der Waals surface area (Å²) in [5.41, 5.74) is 3.16. The summed E-state index contributed by atoms with van der Waals surface area (Å²) in [5, 5.41) is 7.39. The van der Waals surface area contributed by atoms with E-state index in [9.17, 15) is 4.79 Å². The number of carbonyl (C=O) groups is 1. The van der Waals surface area contributed by atoms with E-state index in [-0.39, 0.29) is 11.8 Å². The molecule has 3 rings (SSSR count). The molecule has 122 valence electrons. The van der Waals surface area contributed by atoms with Crippen LogP contribution in [0.3, 0.4) is 0 Å². The van der Waals surface area contributed by atoms with E-state index in [1.54, 1.807) is 4.68 Å². The summed E-state index contributed by atoms with van der Waals surface area (Å²) in [6, 6.07) is 8.05. The molecular formula is C18H23N3O2. The molecule has 2 aromatic rings. The van der Waals surface area contributed by atoms with Gasteiger partial charge in [0.25, 0.3) is 0 Å². The number of benzene rings is 1. The predicted molar refractivity (Wildman–Crippen MR) is 89.8 cm³/mol. The lowest BCUT2D eigenvalue weighted by Gasteiger charge is -2.24. The number of hydrogen-bond acceptors (Lipinski definition) is 3. The van der Waals surface area contributed by atoms with Crippen molar-refractivity contribution >= 4 is 11.7 Å². The van der Waals surface area contributed by atoms with Crippen LogP contribution in [-0.4, -0.2) is 22.3 Å². The largest absolute Gasteiger partial charge is 0.493 e. The fourth-order valence-electron chi connectivity index (χ4n) is 3.08. The van der Waals surface area contributed by atoms with E-state index in [0.29, 0.717) is 18.9 Å². The highest BCUT2D eigenvalue weighted by Crippen LogP contribution is 2.39. The third-order valence-electron chi connectivity index (χ3n) is 4.11. The topological polar surface area (TPSA) is 56.2 Å². The van der Waals surface area contributed by atoms with Crippen molar-refractivity contribution in [3.8, 4) is 5.75 Å². The van der Waals surface area contributed by atoms with Gasteiger partial charge in [-0.1, -0.05) is 26.0 Å². The summed E-state index contributed by atoms with van der Waals surface area (Å²) in [7, 11) is 1.86. The van der Waals surface area contributed by atoms with Gasteiger partial charge in [-0.3, -0.25) is 9.48 Å². The van der Waals surface area contributed by atoms with E-state index in [1.165, 1.54) is 0 Å². The van der Waals surface area contributed by atoms with E-state index < -0.39 is 0 Å². The molecule has 1 aliphatic heterocycles. The second-order valence-electron chi connectivity index (χ2n) is 6.55. The number of anilines is 1. The molecule has 0 bridgehead atoms. The number of ether oxygens (including phenoxy) is 1. The minimum Gasteiger partial charge on any atom is -0.493 e. The Morgan fingerprint density at radius 3 is 2.96 bits per heavy atom. The van der Waals surface area contributed by atoms with Gasteiger partial charge in [0.15, 0.2) is 0 Å². The van der Waals surface area contributed by atoms with Crippen molar-refractivity contribution in [1.82, 2.24) is 9.78 Å². The van der Waals surface area contributed by atoms with Crippen molar-refractivity contribution in [2.24, 2.45) is 13.0 Å². The van der Waals surface area contributed by atoms with Gasteiger partial charge in [0.2, 0.25) is 5.91 Å². The number of carbonyl (C=O) groups excluding carboxylic acids is 1. The van der Waals surface area contributed by atoms with Crippen molar-refractivity contribution in [3.05, 3.63) is 41.1 Å². The van der Waals surface area contributed by atoms with Gasteiger partial charge in [0, 0.05) is 24.9 Å². The number of hydrogen-bond donors (Lipinski definition) is 1. The lowest BCUT2D eigenvalue weighted by atomic mass is 9.86. The number of amides is 1. The molecule has 1 aliphatic rings. The van der Waals surface area contributed by atoms with Crippen LogP contribution in [0, 0.1) is 12.8 Å². The van der Waals surface area contributed by atoms with E-state index >= 15 is 0 Å². The maximum atomic E-state index is 12.1. The van der Waals surface area contributed by atoms with Crippen LogP contribution in [0.4, 0.5) is 5.82 Å². The molecule has 0 aliphatic carbocycles. The number of aromatic nitrogens is 2. The maximum Gasteiger partial charge on any atom is 0.226 e. The molecule has 1 aromatic carbocycles. The van der Waals surface area contributed by atoms with E-state index in [2.05, 4.69) is 30.3 Å². The molecule has 1 atom stereocenters. The zero-order valence-electron chi connectivity index (χ0n) is 14.1. The Kier molecular flexibility index (Phi) is 4.11. The first-order valence-corrected chi connectivity index (χ1v) is 8.01. The first-order chi connectivity index (χ1) is 11.0. The Morgan fingerprint density at radius 2 is 2.22 bits per heavy atom. The van der Waals surface area contributed by atoms with Gasteiger partial charge in [-0.15, -0.1) is 0 Å². The molecule has 5 nitrogen and oxygen atoms in total. The Balaban J connectivity index is 1.96. The van der Waals surface area contributed by atoms with Crippen LogP contribution < -0.4 is 10.1 Å². The fourth-order valence-corrected chi connectivity index (χ4v) is 3.08. The molecule has 2 heterocycles. The van der Waals surface area contributed by atoms with Gasteiger partial charge < -0.3 is 10.1 Å². The molecule has 0 spiro atoms. The lowest BCUT2D eigenvalue weighted by molar-refractivity contribution is -0.116. The predicted octanol–water partition coefficient (Wildman–Crippen LogP) is 3.24. The van der Waals surface area contributed by atoms with E-state index in [4.69, 9.17) is 4.74 Å². The average Bonchev–Trinajstić information content (AvgIpc) is 2.79. The van der Waals surface area contributed by atoms with Crippen LogP contribution in [0.15, 0.2) is 24.3 Å². The molecule has 1 aromatic heterocycles. The Hall–Kier alpha value is -2.30. The zero-order valence-corrected chi connectivity index (χ0v) is 14.1. The number of fused-ring (bicyclic) bond motifs is 1. The number of aryl methyl sites for hydroxylation is 2. The van der Waals surface area contributed by atoms with Gasteiger partial charge in [-0.25, -0.2) is 0 Å². The number of rotatable bonds is 4. The van der Waals surface area contributed by atoms with Crippen molar-refractivity contribution < 1.29 is 9.53 Å². The lowest BCUT2D eigenvalue weighted by Crippen LogP contribution is -2.24. The third-order valence-corrected chi connectivity index (χ3v) is 4.11. The summed E-state index contributed by atoms with van der Waals surface area (Å²) in [6.07, 6.45) is 0.438. The monoisotopic (exact) mass is 313 g/mol. The maximum absolute atomic E-state index is 12.1. The SMILES string of the molecule is Cc1nn(C)c2c1[C@@H](c1cccc(OCC(C)C)c1)CC(=O)N2. The molecule has 5 heteroatoms. The molecular weight excluding hydrogens is 290 g/mol. The summed E-state index contributed by atoms with van der Waals surface area (Å²) in [6.45, 7) is 6.93. The minimum absolute atomic E-state index is 0.0232. The van der Waals surface area contributed by atoms with Crippen LogP contribution in [-0.2, 0) is 11.8 Å². The highest BCUT2D eigenvalue weighted by molar-refractivity contribution is 5.94. The van der Waals surface area contributed by atoms with E-state index in [0.717, 1.165) is 28.4 Å². The van der Waals surface area contributed by atoms with Gasteiger partial charge in [0.1, 0.15) is 11.6 Å². The highest BCUT2D eigenvalue weighted by Gasteiger charge is 2.31. The van der Waals surface area contributed by atoms with Gasteiger partial charge in [-0.05, 0) is 30.5 Å². The standard InChI is InChI=1S/C18H23N3O2/c1-11(2)10-23-14-7-5-6-13(8-14)15-9-16(22)19-18-17(15)12(3)20-21(18)4/h5-8,11,15H,9-10H2,1-4H3,(H,19,22)/t15-/m1/s1. The van der Waals surface area contributed by atoms with Gasteiger partial charge in [0.05, 0.1) is 12.3 Å². The third kappa shape index (κ3) is 3.09. The first-order valence-electron chi connectivity index (χ1n) is 8.01. The molecule has 0 radical (unpaired) electrons. The molecule has 0 saturated heterocycles. The first kappa shape index (κ1) is 15.6. The van der Waals surface area contributed by atoms with Crippen LogP contribution in [0.25, 0.3) is 0 Å². The Labute approximate surface area is 136 Å². The number of nitrogens with one attached hydrogen (secondary N) is 1. The normalized spacial score (nSPS) is 17.1. The van der Waals surface area contributed by atoms with Crippen molar-refractivity contribution in [2.75, 3.05) is 11.9 Å². The van der Waals surface area contributed by atoms with Crippen LogP contribution in [0.1, 0.15) is 43.0 Å². The summed E-state index contributed by atoms with van der Waals surface area (Å²) < 4.78 is 7.57. The number of nitrogens with zero attached hydrogens (tertiary/aromatic N) is 2. The smallest absolute Gasteiger partial charge is 0.226 e. The summed E-state index contributed by atoms with van der Waals surface area (Å²) in [5.74, 6) is 2.18. The second kappa shape index (κ2) is 6.07. The van der Waals surface area contributed by atoms with Crippen LogP contribution >= 0.6 is 0 Å². The van der Waals surface area contributed by atoms with Gasteiger partial charge >= 0.3 is 0 Å². The average molecular weight is 313 g/mol.